The van der Waals surface area contributed by atoms with Crippen LogP contribution in [0, 0.1) is 5.92 Å². The molecular weight excluding hydrogens is 418 g/mol. The van der Waals surface area contributed by atoms with Gasteiger partial charge in [0.25, 0.3) is 5.56 Å². The van der Waals surface area contributed by atoms with Crippen LogP contribution in [-0.2, 0) is 11.3 Å². The van der Waals surface area contributed by atoms with Crippen LogP contribution < -0.4 is 5.56 Å². The van der Waals surface area contributed by atoms with E-state index in [0.717, 1.165) is 68.2 Å². The molecule has 5 heterocycles. The third-order valence-corrected chi connectivity index (χ3v) is 7.05. The van der Waals surface area contributed by atoms with E-state index in [4.69, 9.17) is 9.84 Å². The Kier molecular flexibility index (Phi) is 5.15. The standard InChI is InChI=1S/C24H27N7O2/c1-15-11-30(12-16-2-3-18-9-25-14-27-20(18)8-16)13-19(15)22-28-24(32)21-10-26-23(31(21)29-22)17-4-6-33-7-5-17/h2-3,8-10,14-15,17,19H,4-7,11-13H2,1H3,(H,28,29,32). The van der Waals surface area contributed by atoms with Gasteiger partial charge in [0, 0.05) is 56.3 Å². The largest absolute Gasteiger partial charge is 0.381 e. The van der Waals surface area contributed by atoms with Crippen molar-refractivity contribution in [3.8, 4) is 0 Å². The SMILES string of the molecule is CC1CN(Cc2ccc3cncnc3c2)CC1c1nn2c(C3CCOCC3)ncc2c(=O)[nH]1. The molecule has 0 saturated carbocycles. The number of nitrogens with zero attached hydrogens (tertiary/aromatic N) is 6. The molecule has 0 spiro atoms. The molecule has 3 aromatic heterocycles. The first-order valence-electron chi connectivity index (χ1n) is 11.6. The third-order valence-electron chi connectivity index (χ3n) is 7.05. The van der Waals surface area contributed by atoms with Gasteiger partial charge in [-0.25, -0.2) is 19.5 Å². The van der Waals surface area contributed by atoms with Crippen molar-refractivity contribution in [1.29, 1.82) is 0 Å². The van der Waals surface area contributed by atoms with Crippen LogP contribution >= 0.6 is 0 Å². The lowest BCUT2D eigenvalue weighted by molar-refractivity contribution is 0.0832. The van der Waals surface area contributed by atoms with Gasteiger partial charge in [0.15, 0.2) is 5.52 Å². The van der Waals surface area contributed by atoms with Crippen molar-refractivity contribution >= 4 is 16.4 Å². The van der Waals surface area contributed by atoms with Crippen molar-refractivity contribution in [1.82, 2.24) is 34.4 Å². The second-order valence-corrected chi connectivity index (χ2v) is 9.33. The number of benzene rings is 1. The van der Waals surface area contributed by atoms with Gasteiger partial charge in [-0.1, -0.05) is 19.1 Å². The summed E-state index contributed by atoms with van der Waals surface area (Å²) in [6.45, 7) is 6.32. The van der Waals surface area contributed by atoms with E-state index in [0.29, 0.717) is 11.4 Å². The van der Waals surface area contributed by atoms with Crippen LogP contribution in [-0.4, -0.2) is 60.8 Å². The zero-order valence-corrected chi connectivity index (χ0v) is 18.6. The Morgan fingerprint density at radius 3 is 2.91 bits per heavy atom. The van der Waals surface area contributed by atoms with Crippen LogP contribution in [0.4, 0.5) is 0 Å². The fourth-order valence-electron chi connectivity index (χ4n) is 5.26. The third kappa shape index (κ3) is 3.81. The predicted molar refractivity (Wildman–Crippen MR) is 123 cm³/mol. The molecule has 9 nitrogen and oxygen atoms in total. The van der Waals surface area contributed by atoms with E-state index in [2.05, 4.69) is 50.0 Å². The number of nitrogens with one attached hydrogen (secondary N) is 1. The molecule has 0 amide bonds. The molecule has 2 atom stereocenters. The molecular formula is C24H27N7O2. The van der Waals surface area contributed by atoms with Gasteiger partial charge in [-0.3, -0.25) is 9.69 Å². The highest BCUT2D eigenvalue weighted by molar-refractivity contribution is 5.77. The summed E-state index contributed by atoms with van der Waals surface area (Å²) in [6, 6.07) is 6.35. The van der Waals surface area contributed by atoms with E-state index in [1.165, 1.54) is 5.56 Å². The molecule has 4 aromatic rings. The highest BCUT2D eigenvalue weighted by Crippen LogP contribution is 2.32. The van der Waals surface area contributed by atoms with Crippen LogP contribution in [0.5, 0.6) is 0 Å². The van der Waals surface area contributed by atoms with E-state index in [9.17, 15) is 4.79 Å². The summed E-state index contributed by atoms with van der Waals surface area (Å²) in [4.78, 5) is 31.4. The summed E-state index contributed by atoms with van der Waals surface area (Å²) in [5, 5.41) is 5.95. The van der Waals surface area contributed by atoms with E-state index in [1.54, 1.807) is 17.0 Å². The first-order chi connectivity index (χ1) is 16.2. The second kappa shape index (κ2) is 8.31. The highest BCUT2D eigenvalue weighted by Gasteiger charge is 2.33. The van der Waals surface area contributed by atoms with Gasteiger partial charge in [0.2, 0.25) is 0 Å². The van der Waals surface area contributed by atoms with E-state index in [1.807, 2.05) is 6.20 Å². The summed E-state index contributed by atoms with van der Waals surface area (Å²) >= 11 is 0. The fourth-order valence-corrected chi connectivity index (χ4v) is 5.26. The Morgan fingerprint density at radius 2 is 2.03 bits per heavy atom. The number of fused-ring (bicyclic) bond motifs is 2. The number of ether oxygens (including phenoxy) is 1. The monoisotopic (exact) mass is 445 g/mol. The summed E-state index contributed by atoms with van der Waals surface area (Å²) in [7, 11) is 0. The molecule has 2 unspecified atom stereocenters. The predicted octanol–water partition coefficient (Wildman–Crippen LogP) is 2.49. The van der Waals surface area contributed by atoms with Crippen molar-refractivity contribution in [2.24, 2.45) is 5.92 Å². The lowest BCUT2D eigenvalue weighted by atomic mass is 9.97. The Labute approximate surface area is 190 Å². The topological polar surface area (TPSA) is 101 Å². The molecule has 9 heteroatoms. The fraction of sp³-hybridized carbons (Fsp3) is 0.458. The summed E-state index contributed by atoms with van der Waals surface area (Å²) in [5.41, 5.74) is 2.58. The molecule has 0 radical (unpaired) electrons. The average molecular weight is 446 g/mol. The lowest BCUT2D eigenvalue weighted by Gasteiger charge is -2.21. The van der Waals surface area contributed by atoms with Gasteiger partial charge >= 0.3 is 0 Å². The van der Waals surface area contributed by atoms with Crippen molar-refractivity contribution < 1.29 is 4.74 Å². The van der Waals surface area contributed by atoms with Crippen LogP contribution in [0.3, 0.4) is 0 Å². The number of imidazole rings is 1. The maximum absolute atomic E-state index is 12.8. The summed E-state index contributed by atoms with van der Waals surface area (Å²) < 4.78 is 7.28. The van der Waals surface area contributed by atoms with Gasteiger partial charge in [0.1, 0.15) is 18.0 Å². The number of H-pyrrole nitrogens is 1. The van der Waals surface area contributed by atoms with E-state index in [-0.39, 0.29) is 17.4 Å². The number of rotatable bonds is 4. The first-order valence-corrected chi connectivity index (χ1v) is 11.6. The van der Waals surface area contributed by atoms with Crippen LogP contribution in [0.1, 0.15) is 48.8 Å². The number of aromatic nitrogens is 6. The van der Waals surface area contributed by atoms with Crippen LogP contribution in [0.25, 0.3) is 16.4 Å². The zero-order valence-electron chi connectivity index (χ0n) is 18.6. The normalized spacial score (nSPS) is 22.5. The average Bonchev–Trinajstić information content (AvgIpc) is 3.43. The molecule has 2 fully saturated rings. The minimum atomic E-state index is -0.120. The van der Waals surface area contributed by atoms with Crippen molar-refractivity contribution in [3.63, 3.8) is 0 Å². The Balaban J connectivity index is 1.26. The van der Waals surface area contributed by atoms with E-state index < -0.39 is 0 Å². The van der Waals surface area contributed by atoms with Crippen molar-refractivity contribution in [3.05, 3.63) is 64.5 Å². The molecule has 0 aliphatic carbocycles. The second-order valence-electron chi connectivity index (χ2n) is 9.33. The minimum Gasteiger partial charge on any atom is -0.381 e. The smallest absolute Gasteiger partial charge is 0.276 e. The Bertz CT molecular complexity index is 1360. The first kappa shape index (κ1) is 20.4. The van der Waals surface area contributed by atoms with E-state index >= 15 is 0 Å². The Hall–Kier alpha value is -3.17. The molecule has 1 aromatic carbocycles. The molecule has 0 bridgehead atoms. The van der Waals surface area contributed by atoms with Gasteiger partial charge in [-0.15, -0.1) is 0 Å². The van der Waals surface area contributed by atoms with Gasteiger partial charge in [-0.05, 0) is 30.4 Å². The molecule has 6 rings (SSSR count). The molecule has 170 valence electrons. The number of aromatic amines is 1. The molecule has 2 aliphatic heterocycles. The quantitative estimate of drug-likeness (QED) is 0.515. The van der Waals surface area contributed by atoms with Crippen molar-refractivity contribution in [2.45, 2.75) is 38.1 Å². The number of hydrogen-bond donors (Lipinski definition) is 1. The molecule has 1 N–H and O–H groups in total. The molecule has 2 aliphatic rings. The number of likely N-dealkylation sites (tertiary alicyclic amines) is 1. The van der Waals surface area contributed by atoms with Crippen molar-refractivity contribution in [2.75, 3.05) is 26.3 Å². The minimum absolute atomic E-state index is 0.120. The maximum atomic E-state index is 12.8. The number of hydrogen-bond acceptors (Lipinski definition) is 7. The molecule has 33 heavy (non-hydrogen) atoms. The van der Waals surface area contributed by atoms with Gasteiger partial charge in [0.05, 0.1) is 11.7 Å². The maximum Gasteiger partial charge on any atom is 0.276 e. The summed E-state index contributed by atoms with van der Waals surface area (Å²) in [6.07, 6.45) is 6.89. The van der Waals surface area contributed by atoms with Gasteiger partial charge in [-0.2, -0.15) is 5.10 Å². The highest BCUT2D eigenvalue weighted by atomic mass is 16.5. The summed E-state index contributed by atoms with van der Waals surface area (Å²) in [5.74, 6) is 2.44. The van der Waals surface area contributed by atoms with Crippen LogP contribution in [0.2, 0.25) is 0 Å². The lowest BCUT2D eigenvalue weighted by Crippen LogP contribution is -2.24. The van der Waals surface area contributed by atoms with Crippen LogP contribution in [0.15, 0.2) is 41.7 Å². The Morgan fingerprint density at radius 1 is 1.15 bits per heavy atom. The zero-order chi connectivity index (χ0) is 22.4. The van der Waals surface area contributed by atoms with Gasteiger partial charge < -0.3 is 9.72 Å². The molecule has 2 saturated heterocycles.